The number of nitrogens with zero attached hydrogens (tertiary/aromatic N) is 1. The summed E-state index contributed by atoms with van der Waals surface area (Å²) in [5, 5.41) is 14.1. The van der Waals surface area contributed by atoms with Gasteiger partial charge in [-0.15, -0.1) is 0 Å². The van der Waals surface area contributed by atoms with E-state index in [0.29, 0.717) is 12.1 Å². The van der Waals surface area contributed by atoms with E-state index in [0.717, 1.165) is 0 Å². The molecule has 0 unspecified atom stereocenters. The second-order valence-corrected chi connectivity index (χ2v) is 5.04. The lowest BCUT2D eigenvalue weighted by atomic mass is 10.1. The first-order chi connectivity index (χ1) is 8.30. The van der Waals surface area contributed by atoms with Gasteiger partial charge >= 0.3 is 12.1 Å². The summed E-state index contributed by atoms with van der Waals surface area (Å²) in [6.07, 6.45) is -0.812. The first-order valence-electron chi connectivity index (χ1n) is 5.66. The Morgan fingerprint density at radius 3 is 2.83 bits per heavy atom. The average Bonchev–Trinajstić information content (AvgIpc) is 2.23. The molecule has 0 aromatic carbocycles. The molecular formula is C11H18N2O5. The van der Waals surface area contributed by atoms with Gasteiger partial charge in [-0.3, -0.25) is 4.79 Å². The molecule has 0 aliphatic carbocycles. The molecule has 1 rings (SSSR count). The Morgan fingerprint density at radius 2 is 2.28 bits per heavy atom. The maximum Gasteiger partial charge on any atom is 0.407 e. The largest absolute Gasteiger partial charge is 0.460 e. The zero-order valence-corrected chi connectivity index (χ0v) is 10.7. The second-order valence-electron chi connectivity index (χ2n) is 5.04. The van der Waals surface area contributed by atoms with Crippen molar-refractivity contribution in [2.75, 3.05) is 6.54 Å². The molecule has 0 spiro atoms. The van der Waals surface area contributed by atoms with Crippen molar-refractivity contribution in [2.24, 2.45) is 5.16 Å². The van der Waals surface area contributed by atoms with E-state index in [1.54, 1.807) is 20.8 Å². The van der Waals surface area contributed by atoms with Gasteiger partial charge < -0.3 is 20.0 Å². The average molecular weight is 258 g/mol. The molecule has 1 atom stereocenters. The summed E-state index contributed by atoms with van der Waals surface area (Å²) in [5.74, 6) is -0.468. The molecule has 1 fully saturated rings. The van der Waals surface area contributed by atoms with Crippen molar-refractivity contribution in [1.82, 2.24) is 5.32 Å². The van der Waals surface area contributed by atoms with Crippen molar-refractivity contribution in [3.8, 4) is 0 Å². The Balaban J connectivity index is 2.39. The fraction of sp³-hybridized carbons (Fsp3) is 0.727. The van der Waals surface area contributed by atoms with Crippen LogP contribution in [0.25, 0.3) is 0 Å². The number of hydrogen-bond acceptors (Lipinski definition) is 6. The van der Waals surface area contributed by atoms with E-state index >= 15 is 0 Å². The van der Waals surface area contributed by atoms with Gasteiger partial charge in [0.25, 0.3) is 0 Å². The summed E-state index contributed by atoms with van der Waals surface area (Å²) in [6, 6.07) is 0. The van der Waals surface area contributed by atoms with Crippen molar-refractivity contribution in [3.63, 3.8) is 0 Å². The lowest BCUT2D eigenvalue weighted by molar-refractivity contribution is -0.148. The number of hydrogen-bond donors (Lipinski definition) is 2. The molecule has 0 aromatic rings. The van der Waals surface area contributed by atoms with Crippen LogP contribution in [0.4, 0.5) is 4.79 Å². The summed E-state index contributed by atoms with van der Waals surface area (Å²) >= 11 is 0. The zero-order valence-electron chi connectivity index (χ0n) is 10.7. The number of carbonyl (C=O) groups is 2. The summed E-state index contributed by atoms with van der Waals surface area (Å²) in [6.45, 7) is 5.39. The molecule has 1 amide bonds. The van der Waals surface area contributed by atoms with Gasteiger partial charge in [0.05, 0.1) is 18.7 Å². The zero-order chi connectivity index (χ0) is 13.8. The maximum atomic E-state index is 11.4. The van der Waals surface area contributed by atoms with Gasteiger partial charge in [-0.1, -0.05) is 5.16 Å². The molecule has 102 valence electrons. The van der Waals surface area contributed by atoms with Gasteiger partial charge in [-0.05, 0) is 20.8 Å². The van der Waals surface area contributed by atoms with Crippen molar-refractivity contribution in [3.05, 3.63) is 0 Å². The minimum Gasteiger partial charge on any atom is -0.460 e. The molecule has 0 saturated carbocycles. The Morgan fingerprint density at radius 1 is 1.61 bits per heavy atom. The van der Waals surface area contributed by atoms with E-state index in [2.05, 4.69) is 10.5 Å². The normalized spacial score (nSPS) is 22.5. The molecule has 7 heteroatoms. The van der Waals surface area contributed by atoms with Crippen LogP contribution in [0.15, 0.2) is 5.16 Å². The lowest BCUT2D eigenvalue weighted by Gasteiger charge is -2.24. The van der Waals surface area contributed by atoms with Gasteiger partial charge in [0.2, 0.25) is 0 Å². The van der Waals surface area contributed by atoms with Crippen LogP contribution in [0, 0.1) is 0 Å². The van der Waals surface area contributed by atoms with Gasteiger partial charge in [-0.2, -0.15) is 0 Å². The fourth-order valence-corrected chi connectivity index (χ4v) is 1.47. The predicted molar refractivity (Wildman–Crippen MR) is 62.6 cm³/mol. The van der Waals surface area contributed by atoms with Crippen LogP contribution in [0.3, 0.4) is 0 Å². The van der Waals surface area contributed by atoms with Crippen molar-refractivity contribution in [2.45, 2.75) is 45.3 Å². The number of amides is 1. The third-order valence-corrected chi connectivity index (χ3v) is 2.12. The van der Waals surface area contributed by atoms with Crippen LogP contribution < -0.4 is 5.32 Å². The molecule has 2 N–H and O–H groups in total. The first-order valence-corrected chi connectivity index (χ1v) is 5.66. The molecule has 1 aliphatic heterocycles. The smallest absolute Gasteiger partial charge is 0.407 e. The van der Waals surface area contributed by atoms with Gasteiger partial charge in [0, 0.05) is 6.42 Å². The summed E-state index contributed by atoms with van der Waals surface area (Å²) < 4.78 is 10.0. The summed E-state index contributed by atoms with van der Waals surface area (Å²) in [4.78, 5) is 22.5. The van der Waals surface area contributed by atoms with Crippen LogP contribution in [0.2, 0.25) is 0 Å². The molecule has 1 saturated heterocycles. The molecule has 0 radical (unpaired) electrons. The third-order valence-electron chi connectivity index (χ3n) is 2.12. The second kappa shape index (κ2) is 5.70. The number of carbonyl (C=O) groups excluding carboxylic acids is 2. The van der Waals surface area contributed by atoms with Gasteiger partial charge in [-0.25, -0.2) is 4.79 Å². The summed E-state index contributed by atoms with van der Waals surface area (Å²) in [7, 11) is 0. The van der Waals surface area contributed by atoms with Crippen LogP contribution in [0.5, 0.6) is 0 Å². The minimum atomic E-state index is -0.578. The van der Waals surface area contributed by atoms with Crippen LogP contribution in [-0.2, 0) is 14.3 Å². The first kappa shape index (κ1) is 14.3. The highest BCUT2D eigenvalue weighted by Crippen LogP contribution is 2.12. The number of cyclic esters (lactones) is 1. The van der Waals surface area contributed by atoms with Crippen molar-refractivity contribution >= 4 is 17.8 Å². The van der Waals surface area contributed by atoms with E-state index in [4.69, 9.17) is 14.7 Å². The number of ether oxygens (including phenoxy) is 2. The third kappa shape index (κ3) is 5.03. The van der Waals surface area contributed by atoms with Gasteiger partial charge in [0.1, 0.15) is 11.7 Å². The van der Waals surface area contributed by atoms with E-state index in [-0.39, 0.29) is 13.0 Å². The number of rotatable bonds is 2. The number of alkyl carbamates (subject to hydrolysis) is 1. The fourth-order valence-electron chi connectivity index (χ4n) is 1.47. The maximum absolute atomic E-state index is 11.4. The quantitative estimate of drug-likeness (QED) is 0.438. The highest BCUT2D eigenvalue weighted by atomic mass is 16.6. The topological polar surface area (TPSA) is 97.2 Å². The monoisotopic (exact) mass is 258 g/mol. The molecule has 0 bridgehead atoms. The predicted octanol–water partition coefficient (Wildman–Crippen LogP) is 1.05. The number of oxime groups is 1. The highest BCUT2D eigenvalue weighted by Gasteiger charge is 2.26. The van der Waals surface area contributed by atoms with Gasteiger partial charge in [0.15, 0.2) is 0 Å². The minimum absolute atomic E-state index is 0.0144. The van der Waals surface area contributed by atoms with Crippen LogP contribution in [-0.4, -0.2) is 41.2 Å². The standard InChI is InChI=1S/C11H18N2O5/c1-11(2,3)18-10(15)12-6-8-4-7(13-16)5-9(14)17-8/h8,16H,4-6H2,1-3H3,(H,12,15)/b13-7+/t8-/m1/s1. The van der Waals surface area contributed by atoms with E-state index in [1.165, 1.54) is 0 Å². The Kier molecular flexibility index (Phi) is 4.52. The molecular weight excluding hydrogens is 240 g/mol. The number of nitrogens with one attached hydrogen (secondary N) is 1. The van der Waals surface area contributed by atoms with Crippen LogP contribution in [0.1, 0.15) is 33.6 Å². The van der Waals surface area contributed by atoms with Crippen molar-refractivity contribution in [1.29, 1.82) is 0 Å². The SMILES string of the molecule is CC(C)(C)OC(=O)NC[C@H]1C/C(=N\O)CC(=O)O1. The van der Waals surface area contributed by atoms with E-state index in [1.807, 2.05) is 0 Å². The highest BCUT2D eigenvalue weighted by molar-refractivity contribution is 6.00. The molecule has 18 heavy (non-hydrogen) atoms. The molecule has 1 heterocycles. The molecule has 0 aromatic heterocycles. The Hall–Kier alpha value is -1.79. The van der Waals surface area contributed by atoms with E-state index < -0.39 is 23.8 Å². The van der Waals surface area contributed by atoms with Crippen LogP contribution >= 0.6 is 0 Å². The Bertz CT molecular complexity index is 359. The molecule has 7 nitrogen and oxygen atoms in total. The lowest BCUT2D eigenvalue weighted by Crippen LogP contribution is -2.41. The van der Waals surface area contributed by atoms with E-state index in [9.17, 15) is 9.59 Å². The summed E-state index contributed by atoms with van der Waals surface area (Å²) in [5.41, 5.74) is -0.229. The van der Waals surface area contributed by atoms with Crippen molar-refractivity contribution < 1.29 is 24.3 Å². The molecule has 1 aliphatic rings. The Labute approximate surface area is 105 Å². The number of esters is 1.